The number of rotatable bonds is 7. The fourth-order valence-corrected chi connectivity index (χ4v) is 2.64. The highest BCUT2D eigenvalue weighted by atomic mass is 127. The highest BCUT2D eigenvalue weighted by Gasteiger charge is 2.15. The molecule has 0 aromatic heterocycles. The van der Waals surface area contributed by atoms with Gasteiger partial charge in [-0.25, -0.2) is 0 Å². The van der Waals surface area contributed by atoms with E-state index in [4.69, 9.17) is 4.74 Å². The van der Waals surface area contributed by atoms with Gasteiger partial charge in [-0.2, -0.15) is 0 Å². The lowest BCUT2D eigenvalue weighted by Crippen LogP contribution is -2.41. The molecule has 0 fully saturated rings. The molecule has 0 saturated heterocycles. The zero-order valence-electron chi connectivity index (χ0n) is 15.9. The molecule has 142 valence electrons. The molecule has 0 bridgehead atoms. The number of guanidine groups is 1. The predicted molar refractivity (Wildman–Crippen MR) is 119 cm³/mol. The van der Waals surface area contributed by atoms with Crippen molar-refractivity contribution < 1.29 is 4.74 Å². The average molecular weight is 468 g/mol. The smallest absolute Gasteiger partial charge is 0.191 e. The minimum atomic E-state index is 0. The molecule has 0 aliphatic rings. The van der Waals surface area contributed by atoms with Crippen molar-refractivity contribution in [1.82, 2.24) is 15.5 Å². The summed E-state index contributed by atoms with van der Waals surface area (Å²) in [6.45, 7) is 1.49. The van der Waals surface area contributed by atoms with Crippen molar-refractivity contribution in [2.75, 3.05) is 34.8 Å². The summed E-state index contributed by atoms with van der Waals surface area (Å²) < 4.78 is 5.34. The Bertz CT molecular complexity index is 677. The van der Waals surface area contributed by atoms with Crippen LogP contribution in [0.25, 0.3) is 0 Å². The molecular formula is C20H29IN4O. The summed E-state index contributed by atoms with van der Waals surface area (Å²) in [6.07, 6.45) is 0. The second kappa shape index (κ2) is 11.7. The fraction of sp³-hybridized carbons (Fsp3) is 0.350. The van der Waals surface area contributed by atoms with Gasteiger partial charge < -0.3 is 20.3 Å². The fourth-order valence-electron chi connectivity index (χ4n) is 2.64. The third-order valence-electron chi connectivity index (χ3n) is 4.09. The molecule has 6 heteroatoms. The molecule has 26 heavy (non-hydrogen) atoms. The zero-order valence-corrected chi connectivity index (χ0v) is 18.2. The summed E-state index contributed by atoms with van der Waals surface area (Å²) in [5.74, 6) is 1.66. The Kier molecular flexibility index (Phi) is 10.0. The van der Waals surface area contributed by atoms with E-state index < -0.39 is 0 Å². The van der Waals surface area contributed by atoms with Gasteiger partial charge in [0.2, 0.25) is 0 Å². The molecule has 2 aromatic carbocycles. The number of aliphatic imine (C=N–C) groups is 1. The molecule has 1 unspecified atom stereocenters. The summed E-state index contributed by atoms with van der Waals surface area (Å²) in [4.78, 5) is 6.50. The van der Waals surface area contributed by atoms with Gasteiger partial charge in [-0.05, 0) is 37.4 Å². The van der Waals surface area contributed by atoms with Crippen molar-refractivity contribution in [2.24, 2.45) is 4.99 Å². The van der Waals surface area contributed by atoms with Crippen LogP contribution in [0.2, 0.25) is 0 Å². The SMILES string of the molecule is CN=C(NCc1ccccc1)NCC(c1cccc(OC)c1)N(C)C.I. The van der Waals surface area contributed by atoms with Crippen LogP contribution in [0.3, 0.4) is 0 Å². The van der Waals surface area contributed by atoms with Gasteiger partial charge in [0.1, 0.15) is 5.75 Å². The maximum atomic E-state index is 5.34. The van der Waals surface area contributed by atoms with Crippen LogP contribution in [0.4, 0.5) is 0 Å². The van der Waals surface area contributed by atoms with E-state index in [0.717, 1.165) is 24.8 Å². The van der Waals surface area contributed by atoms with Gasteiger partial charge in [-0.15, -0.1) is 24.0 Å². The molecule has 2 aromatic rings. The summed E-state index contributed by atoms with van der Waals surface area (Å²) >= 11 is 0. The molecule has 0 saturated carbocycles. The number of nitrogens with zero attached hydrogens (tertiary/aromatic N) is 2. The summed E-state index contributed by atoms with van der Waals surface area (Å²) in [7, 11) is 7.63. The molecule has 0 spiro atoms. The lowest BCUT2D eigenvalue weighted by atomic mass is 10.1. The van der Waals surface area contributed by atoms with Crippen LogP contribution in [-0.4, -0.2) is 45.7 Å². The number of benzene rings is 2. The highest BCUT2D eigenvalue weighted by Crippen LogP contribution is 2.22. The predicted octanol–water partition coefficient (Wildman–Crippen LogP) is 3.28. The molecule has 0 aliphatic heterocycles. The minimum Gasteiger partial charge on any atom is -0.497 e. The maximum absolute atomic E-state index is 5.34. The molecule has 5 nitrogen and oxygen atoms in total. The Labute approximate surface area is 173 Å². The monoisotopic (exact) mass is 468 g/mol. The minimum absolute atomic E-state index is 0. The van der Waals surface area contributed by atoms with Crippen LogP contribution in [0.5, 0.6) is 5.75 Å². The van der Waals surface area contributed by atoms with Crippen molar-refractivity contribution >= 4 is 29.9 Å². The van der Waals surface area contributed by atoms with Crippen molar-refractivity contribution in [2.45, 2.75) is 12.6 Å². The lowest BCUT2D eigenvalue weighted by Gasteiger charge is -2.26. The van der Waals surface area contributed by atoms with Gasteiger partial charge in [-0.3, -0.25) is 4.99 Å². The normalized spacial score (nSPS) is 12.3. The van der Waals surface area contributed by atoms with E-state index in [1.165, 1.54) is 11.1 Å². The van der Waals surface area contributed by atoms with E-state index in [1.54, 1.807) is 14.2 Å². The third kappa shape index (κ3) is 6.84. The lowest BCUT2D eigenvalue weighted by molar-refractivity contribution is 0.297. The molecule has 0 aliphatic carbocycles. The zero-order chi connectivity index (χ0) is 18.1. The Balaban J connectivity index is 0.00000338. The molecule has 0 heterocycles. The highest BCUT2D eigenvalue weighted by molar-refractivity contribution is 14.0. The van der Waals surface area contributed by atoms with Crippen LogP contribution in [-0.2, 0) is 6.54 Å². The number of hydrogen-bond acceptors (Lipinski definition) is 3. The van der Waals surface area contributed by atoms with Crippen molar-refractivity contribution in [1.29, 1.82) is 0 Å². The Morgan fingerprint density at radius 2 is 1.81 bits per heavy atom. The van der Waals surface area contributed by atoms with Gasteiger partial charge >= 0.3 is 0 Å². The molecule has 0 radical (unpaired) electrons. The molecule has 2 N–H and O–H groups in total. The summed E-state index contributed by atoms with van der Waals surface area (Å²) in [6, 6.07) is 18.7. The molecule has 0 amide bonds. The number of methoxy groups -OCH3 is 1. The van der Waals surface area contributed by atoms with Crippen LogP contribution in [0.15, 0.2) is 59.6 Å². The van der Waals surface area contributed by atoms with E-state index in [-0.39, 0.29) is 30.0 Å². The molecular weight excluding hydrogens is 439 g/mol. The van der Waals surface area contributed by atoms with Crippen molar-refractivity contribution in [3.8, 4) is 5.75 Å². The summed E-state index contributed by atoms with van der Waals surface area (Å²) in [5.41, 5.74) is 2.43. The Morgan fingerprint density at radius 3 is 2.42 bits per heavy atom. The Hall–Kier alpha value is -1.80. The number of halogens is 1. The van der Waals surface area contributed by atoms with Gasteiger partial charge in [0.25, 0.3) is 0 Å². The summed E-state index contributed by atoms with van der Waals surface area (Å²) in [5, 5.41) is 6.76. The first-order valence-electron chi connectivity index (χ1n) is 8.43. The topological polar surface area (TPSA) is 48.9 Å². The van der Waals surface area contributed by atoms with Crippen LogP contribution in [0, 0.1) is 0 Å². The van der Waals surface area contributed by atoms with E-state index >= 15 is 0 Å². The first-order valence-corrected chi connectivity index (χ1v) is 8.43. The van der Waals surface area contributed by atoms with Crippen molar-refractivity contribution in [3.63, 3.8) is 0 Å². The van der Waals surface area contributed by atoms with E-state index in [9.17, 15) is 0 Å². The van der Waals surface area contributed by atoms with Crippen LogP contribution < -0.4 is 15.4 Å². The van der Waals surface area contributed by atoms with Crippen molar-refractivity contribution in [3.05, 3.63) is 65.7 Å². The Morgan fingerprint density at radius 1 is 1.08 bits per heavy atom. The van der Waals surface area contributed by atoms with Crippen LogP contribution >= 0.6 is 24.0 Å². The van der Waals surface area contributed by atoms with E-state index in [2.05, 4.69) is 58.9 Å². The largest absolute Gasteiger partial charge is 0.497 e. The molecule has 2 rings (SSSR count). The van der Waals surface area contributed by atoms with E-state index in [0.29, 0.717) is 0 Å². The van der Waals surface area contributed by atoms with E-state index in [1.807, 2.05) is 30.3 Å². The van der Waals surface area contributed by atoms with Gasteiger partial charge in [0, 0.05) is 20.1 Å². The second-order valence-corrected chi connectivity index (χ2v) is 6.05. The number of hydrogen-bond donors (Lipinski definition) is 2. The molecule has 1 atom stereocenters. The van der Waals surface area contributed by atoms with Gasteiger partial charge in [0.15, 0.2) is 5.96 Å². The second-order valence-electron chi connectivity index (χ2n) is 6.05. The first kappa shape index (κ1) is 22.2. The quantitative estimate of drug-likeness (QED) is 0.372. The maximum Gasteiger partial charge on any atom is 0.191 e. The van der Waals surface area contributed by atoms with Gasteiger partial charge in [0.05, 0.1) is 13.2 Å². The van der Waals surface area contributed by atoms with Crippen LogP contribution in [0.1, 0.15) is 17.2 Å². The third-order valence-corrected chi connectivity index (χ3v) is 4.09. The standard InChI is InChI=1S/C20H28N4O.HI/c1-21-20(22-14-16-9-6-5-7-10-16)23-15-19(24(2)3)17-11-8-12-18(13-17)25-4;/h5-13,19H,14-15H2,1-4H3,(H2,21,22,23);1H. The first-order chi connectivity index (χ1) is 12.1. The van der Waals surface area contributed by atoms with Gasteiger partial charge in [-0.1, -0.05) is 42.5 Å². The number of likely N-dealkylation sites (N-methyl/N-ethyl adjacent to an activating group) is 1. The average Bonchev–Trinajstić information content (AvgIpc) is 2.65. The number of nitrogens with one attached hydrogen (secondary N) is 2. The number of ether oxygens (including phenoxy) is 1.